The van der Waals surface area contributed by atoms with Crippen molar-refractivity contribution < 1.29 is 0 Å². The maximum absolute atomic E-state index is 3.63. The van der Waals surface area contributed by atoms with Crippen LogP contribution >= 0.6 is 11.8 Å². The van der Waals surface area contributed by atoms with Gasteiger partial charge in [-0.25, -0.2) is 0 Å². The molecule has 114 valence electrons. The molecule has 2 heteroatoms. The van der Waals surface area contributed by atoms with Gasteiger partial charge < -0.3 is 5.32 Å². The minimum absolute atomic E-state index is 0.482. The summed E-state index contributed by atoms with van der Waals surface area (Å²) in [5, 5.41) is 3.63. The molecule has 1 unspecified atom stereocenters. The number of hydrogen-bond acceptors (Lipinski definition) is 2. The summed E-state index contributed by atoms with van der Waals surface area (Å²) in [6, 6.07) is 9.62. The molecule has 0 saturated carbocycles. The highest BCUT2D eigenvalue weighted by atomic mass is 32.2. The Morgan fingerprint density at radius 3 is 2.40 bits per heavy atom. The number of nitrogens with one attached hydrogen (secondary N) is 1. The summed E-state index contributed by atoms with van der Waals surface area (Å²) in [6.45, 7) is 12.4. The summed E-state index contributed by atoms with van der Waals surface area (Å²) in [6.07, 6.45) is 1.17. The molecule has 1 aromatic carbocycles. The van der Waals surface area contributed by atoms with E-state index in [-0.39, 0.29) is 0 Å². The molecule has 0 aliphatic rings. The monoisotopic (exact) mass is 293 g/mol. The molecule has 0 spiro atoms. The van der Waals surface area contributed by atoms with Gasteiger partial charge in [-0.05, 0) is 41.7 Å². The number of thioether (sulfide) groups is 1. The second-order valence-electron chi connectivity index (χ2n) is 6.38. The first-order chi connectivity index (χ1) is 9.52. The fraction of sp³-hybridized carbons (Fsp3) is 0.667. The van der Waals surface area contributed by atoms with Crippen molar-refractivity contribution in [2.24, 2.45) is 11.8 Å². The fourth-order valence-corrected chi connectivity index (χ4v) is 3.50. The lowest BCUT2D eigenvalue weighted by Crippen LogP contribution is -2.23. The minimum atomic E-state index is 0.482. The van der Waals surface area contributed by atoms with E-state index in [1.165, 1.54) is 23.3 Å². The molecular formula is C18H31NS. The zero-order chi connectivity index (χ0) is 15.0. The van der Waals surface area contributed by atoms with Crippen molar-refractivity contribution in [2.45, 2.75) is 47.1 Å². The van der Waals surface area contributed by atoms with Gasteiger partial charge in [0.05, 0.1) is 0 Å². The van der Waals surface area contributed by atoms with Gasteiger partial charge in [-0.2, -0.15) is 11.8 Å². The quantitative estimate of drug-likeness (QED) is 0.693. The predicted octanol–water partition coefficient (Wildman–Crippen LogP) is 4.92. The first kappa shape index (κ1) is 17.6. The zero-order valence-corrected chi connectivity index (χ0v) is 14.6. The lowest BCUT2D eigenvalue weighted by Gasteiger charge is -2.19. The first-order valence-electron chi connectivity index (χ1n) is 7.92. The Bertz CT molecular complexity index is 373. The van der Waals surface area contributed by atoms with E-state index < -0.39 is 0 Å². The van der Waals surface area contributed by atoms with E-state index in [0.717, 1.165) is 24.1 Å². The highest BCUT2D eigenvalue weighted by molar-refractivity contribution is 7.99. The van der Waals surface area contributed by atoms with Crippen LogP contribution in [-0.4, -0.2) is 18.1 Å². The molecule has 0 aliphatic heterocycles. The van der Waals surface area contributed by atoms with Gasteiger partial charge >= 0.3 is 0 Å². The van der Waals surface area contributed by atoms with E-state index in [1.54, 1.807) is 0 Å². The molecule has 0 aromatic heterocycles. The molecule has 0 bridgehead atoms. The van der Waals surface area contributed by atoms with Crippen molar-refractivity contribution in [3.8, 4) is 0 Å². The fourth-order valence-electron chi connectivity index (χ4n) is 2.35. The van der Waals surface area contributed by atoms with Crippen LogP contribution in [0.25, 0.3) is 0 Å². The van der Waals surface area contributed by atoms with Crippen molar-refractivity contribution in [1.82, 2.24) is 5.32 Å². The largest absolute Gasteiger partial charge is 0.310 e. The standard InChI is InChI=1S/C18H31NS/c1-6-19-18(13-20-12-15(4)5)17-9-7-8-16(11-17)10-14(2)3/h7-9,11,14-15,18-19H,6,10,12-13H2,1-5H3. The third kappa shape index (κ3) is 6.81. The van der Waals surface area contributed by atoms with Gasteiger partial charge in [-0.3, -0.25) is 0 Å². The summed E-state index contributed by atoms with van der Waals surface area (Å²) >= 11 is 2.06. The lowest BCUT2D eigenvalue weighted by atomic mass is 9.99. The molecule has 1 N–H and O–H groups in total. The summed E-state index contributed by atoms with van der Waals surface area (Å²) < 4.78 is 0. The topological polar surface area (TPSA) is 12.0 Å². The van der Waals surface area contributed by atoms with Crippen molar-refractivity contribution in [3.05, 3.63) is 35.4 Å². The molecule has 1 nitrogen and oxygen atoms in total. The maximum Gasteiger partial charge on any atom is 0.0411 e. The van der Waals surface area contributed by atoms with E-state index in [2.05, 4.69) is 76.0 Å². The zero-order valence-electron chi connectivity index (χ0n) is 13.8. The Morgan fingerprint density at radius 1 is 1.05 bits per heavy atom. The van der Waals surface area contributed by atoms with Gasteiger partial charge in [0.25, 0.3) is 0 Å². The summed E-state index contributed by atoms with van der Waals surface area (Å²) in [5.41, 5.74) is 2.91. The second kappa shape index (κ2) is 9.46. The average Bonchev–Trinajstić information content (AvgIpc) is 2.37. The van der Waals surface area contributed by atoms with Gasteiger partial charge in [-0.15, -0.1) is 0 Å². The minimum Gasteiger partial charge on any atom is -0.310 e. The van der Waals surface area contributed by atoms with Crippen molar-refractivity contribution in [3.63, 3.8) is 0 Å². The average molecular weight is 294 g/mol. The molecule has 1 atom stereocenters. The highest BCUT2D eigenvalue weighted by Crippen LogP contribution is 2.22. The Kier molecular flexibility index (Phi) is 8.32. The third-order valence-electron chi connectivity index (χ3n) is 3.18. The van der Waals surface area contributed by atoms with Crippen LogP contribution in [0, 0.1) is 11.8 Å². The number of rotatable bonds is 9. The van der Waals surface area contributed by atoms with E-state index in [1.807, 2.05) is 0 Å². The van der Waals surface area contributed by atoms with Gasteiger partial charge in [0.15, 0.2) is 0 Å². The van der Waals surface area contributed by atoms with Gasteiger partial charge in [0.1, 0.15) is 0 Å². The SMILES string of the molecule is CCNC(CSCC(C)C)c1cccc(CC(C)C)c1. The molecular weight excluding hydrogens is 262 g/mol. The molecule has 0 radical (unpaired) electrons. The van der Waals surface area contributed by atoms with Crippen LogP contribution in [0.2, 0.25) is 0 Å². The summed E-state index contributed by atoms with van der Waals surface area (Å²) in [4.78, 5) is 0. The molecule has 0 fully saturated rings. The summed E-state index contributed by atoms with van der Waals surface area (Å²) in [5.74, 6) is 3.90. The molecule has 1 aromatic rings. The van der Waals surface area contributed by atoms with Gasteiger partial charge in [0.2, 0.25) is 0 Å². The number of benzene rings is 1. The van der Waals surface area contributed by atoms with Crippen molar-refractivity contribution >= 4 is 11.8 Å². The maximum atomic E-state index is 3.63. The van der Waals surface area contributed by atoms with Crippen LogP contribution < -0.4 is 5.32 Å². The molecule has 0 amide bonds. The van der Waals surface area contributed by atoms with E-state index in [0.29, 0.717) is 6.04 Å². The molecule has 0 aliphatic carbocycles. The van der Waals surface area contributed by atoms with Crippen LogP contribution in [0.4, 0.5) is 0 Å². The molecule has 0 heterocycles. The van der Waals surface area contributed by atoms with Crippen LogP contribution in [0.1, 0.15) is 51.8 Å². The molecule has 1 rings (SSSR count). The Morgan fingerprint density at radius 2 is 1.80 bits per heavy atom. The predicted molar refractivity (Wildman–Crippen MR) is 93.6 cm³/mol. The van der Waals surface area contributed by atoms with E-state index in [9.17, 15) is 0 Å². The van der Waals surface area contributed by atoms with E-state index in [4.69, 9.17) is 0 Å². The third-order valence-corrected chi connectivity index (χ3v) is 4.65. The van der Waals surface area contributed by atoms with Crippen molar-refractivity contribution in [2.75, 3.05) is 18.1 Å². The van der Waals surface area contributed by atoms with Crippen LogP contribution in [0.3, 0.4) is 0 Å². The Labute approximate surface area is 129 Å². The van der Waals surface area contributed by atoms with E-state index >= 15 is 0 Å². The van der Waals surface area contributed by atoms with Crippen LogP contribution in [-0.2, 0) is 6.42 Å². The first-order valence-corrected chi connectivity index (χ1v) is 9.08. The number of hydrogen-bond donors (Lipinski definition) is 1. The van der Waals surface area contributed by atoms with Crippen LogP contribution in [0.15, 0.2) is 24.3 Å². The Hall–Kier alpha value is -0.470. The van der Waals surface area contributed by atoms with Gasteiger partial charge in [0, 0.05) is 11.8 Å². The second-order valence-corrected chi connectivity index (χ2v) is 7.46. The highest BCUT2D eigenvalue weighted by Gasteiger charge is 2.11. The normalized spacial score (nSPS) is 13.2. The summed E-state index contributed by atoms with van der Waals surface area (Å²) in [7, 11) is 0. The van der Waals surface area contributed by atoms with Crippen LogP contribution in [0.5, 0.6) is 0 Å². The Balaban J connectivity index is 2.69. The molecule has 0 saturated heterocycles. The van der Waals surface area contributed by atoms with Gasteiger partial charge in [-0.1, -0.05) is 58.9 Å². The van der Waals surface area contributed by atoms with Crippen molar-refractivity contribution in [1.29, 1.82) is 0 Å². The smallest absolute Gasteiger partial charge is 0.0411 e. The molecule has 20 heavy (non-hydrogen) atoms. The lowest BCUT2D eigenvalue weighted by molar-refractivity contribution is 0.601.